The molecule has 1 amide bonds. The first-order valence-electron chi connectivity index (χ1n) is 6.83. The third-order valence-electron chi connectivity index (χ3n) is 3.09. The number of H-pyrrole nitrogens is 1. The van der Waals surface area contributed by atoms with Crippen LogP contribution >= 0.6 is 11.3 Å². The van der Waals surface area contributed by atoms with Crippen LogP contribution in [0.3, 0.4) is 0 Å². The summed E-state index contributed by atoms with van der Waals surface area (Å²) < 4.78 is 5.08. The van der Waals surface area contributed by atoms with Gasteiger partial charge in [-0.3, -0.25) is 9.89 Å². The van der Waals surface area contributed by atoms with E-state index in [4.69, 9.17) is 4.74 Å². The number of nitrogens with zero attached hydrogens (tertiary/aromatic N) is 2. The average molecular weight is 326 g/mol. The van der Waals surface area contributed by atoms with Crippen LogP contribution in [0.15, 0.2) is 52.9 Å². The van der Waals surface area contributed by atoms with Crippen molar-refractivity contribution in [3.05, 3.63) is 59.1 Å². The lowest BCUT2D eigenvalue weighted by Gasteiger charge is -1.99. The first-order chi connectivity index (χ1) is 11.3. The average Bonchev–Trinajstić information content (AvgIpc) is 3.26. The van der Waals surface area contributed by atoms with Crippen LogP contribution in [-0.2, 0) is 0 Å². The molecule has 3 rings (SSSR count). The molecule has 0 aliphatic heterocycles. The summed E-state index contributed by atoms with van der Waals surface area (Å²) in [4.78, 5) is 13.0. The fourth-order valence-electron chi connectivity index (χ4n) is 1.91. The molecule has 2 aromatic heterocycles. The highest BCUT2D eigenvalue weighted by Gasteiger charge is 2.10. The highest BCUT2D eigenvalue weighted by atomic mass is 32.1. The molecule has 1 aromatic carbocycles. The van der Waals surface area contributed by atoms with Gasteiger partial charge in [-0.15, -0.1) is 11.3 Å². The van der Waals surface area contributed by atoms with Crippen molar-refractivity contribution in [2.45, 2.75) is 0 Å². The number of aromatic nitrogens is 2. The summed E-state index contributed by atoms with van der Waals surface area (Å²) in [5.74, 6) is 0.401. The molecule has 2 heterocycles. The van der Waals surface area contributed by atoms with Crippen LogP contribution in [0.1, 0.15) is 16.1 Å². The van der Waals surface area contributed by atoms with Crippen LogP contribution in [0.2, 0.25) is 0 Å². The second-order valence-electron chi connectivity index (χ2n) is 4.62. The van der Waals surface area contributed by atoms with Gasteiger partial charge in [0.25, 0.3) is 5.91 Å². The summed E-state index contributed by atoms with van der Waals surface area (Å²) in [6.07, 6.45) is 1.56. The molecule has 23 heavy (non-hydrogen) atoms. The molecular formula is C16H14N4O2S. The molecule has 0 bridgehead atoms. The van der Waals surface area contributed by atoms with Crippen molar-refractivity contribution in [2.24, 2.45) is 5.10 Å². The number of carbonyl (C=O) groups excluding carboxylic acids is 1. The van der Waals surface area contributed by atoms with E-state index in [9.17, 15) is 4.79 Å². The molecule has 0 saturated heterocycles. The van der Waals surface area contributed by atoms with Crippen molar-refractivity contribution < 1.29 is 9.53 Å². The number of hydrazone groups is 1. The van der Waals surface area contributed by atoms with Gasteiger partial charge in [-0.25, -0.2) is 5.43 Å². The van der Waals surface area contributed by atoms with Gasteiger partial charge in [-0.05, 0) is 47.3 Å². The van der Waals surface area contributed by atoms with Crippen molar-refractivity contribution in [1.82, 2.24) is 15.6 Å². The smallest absolute Gasteiger partial charge is 0.291 e. The molecule has 116 valence electrons. The Morgan fingerprint density at radius 2 is 2.17 bits per heavy atom. The monoisotopic (exact) mass is 326 g/mol. The van der Waals surface area contributed by atoms with Gasteiger partial charge in [0, 0.05) is 0 Å². The molecule has 0 saturated carbocycles. The van der Waals surface area contributed by atoms with Crippen LogP contribution in [0.25, 0.3) is 10.6 Å². The molecule has 0 spiro atoms. The lowest BCUT2D eigenvalue weighted by molar-refractivity contribution is 0.0950. The van der Waals surface area contributed by atoms with Crippen molar-refractivity contribution >= 4 is 23.5 Å². The number of aromatic amines is 1. The standard InChI is InChI=1S/C16H14N4O2S/c1-22-12-6-4-11(5-7-12)10-17-20-16(21)14-9-13(18-19-14)15-3-2-8-23-15/h2-10H,1H3,(H,18,19)(H,20,21). The first kappa shape index (κ1) is 15.0. The zero-order valence-electron chi connectivity index (χ0n) is 12.3. The van der Waals surface area contributed by atoms with Gasteiger partial charge < -0.3 is 4.74 Å². The largest absolute Gasteiger partial charge is 0.497 e. The number of carbonyl (C=O) groups is 1. The lowest BCUT2D eigenvalue weighted by Crippen LogP contribution is -2.17. The number of nitrogens with one attached hydrogen (secondary N) is 2. The Kier molecular flexibility index (Phi) is 4.49. The lowest BCUT2D eigenvalue weighted by atomic mass is 10.2. The third kappa shape index (κ3) is 3.64. The van der Waals surface area contributed by atoms with E-state index in [-0.39, 0.29) is 5.91 Å². The van der Waals surface area contributed by atoms with E-state index in [1.165, 1.54) is 0 Å². The van der Waals surface area contributed by atoms with Crippen molar-refractivity contribution in [2.75, 3.05) is 7.11 Å². The predicted octanol–water partition coefficient (Wildman–Crippen LogP) is 2.91. The number of methoxy groups -OCH3 is 1. The van der Waals surface area contributed by atoms with Crippen molar-refractivity contribution in [1.29, 1.82) is 0 Å². The zero-order chi connectivity index (χ0) is 16.1. The summed E-state index contributed by atoms with van der Waals surface area (Å²) in [5.41, 5.74) is 4.41. The maximum absolute atomic E-state index is 12.0. The molecule has 0 radical (unpaired) electrons. The molecule has 0 atom stereocenters. The van der Waals surface area contributed by atoms with Gasteiger partial charge in [0.05, 0.1) is 23.9 Å². The molecule has 0 aliphatic rings. The minimum Gasteiger partial charge on any atom is -0.497 e. The van der Waals surface area contributed by atoms with Crippen LogP contribution in [-0.4, -0.2) is 29.4 Å². The summed E-state index contributed by atoms with van der Waals surface area (Å²) in [6, 6.07) is 12.9. The minimum atomic E-state index is -0.367. The van der Waals surface area contributed by atoms with Crippen LogP contribution in [0.4, 0.5) is 0 Å². The van der Waals surface area contributed by atoms with Crippen LogP contribution in [0.5, 0.6) is 5.75 Å². The second kappa shape index (κ2) is 6.89. The van der Waals surface area contributed by atoms with E-state index in [1.54, 1.807) is 30.7 Å². The fourth-order valence-corrected chi connectivity index (χ4v) is 2.60. The molecule has 0 aliphatic carbocycles. The van der Waals surface area contributed by atoms with Crippen LogP contribution in [0, 0.1) is 0 Å². The summed E-state index contributed by atoms with van der Waals surface area (Å²) in [7, 11) is 1.61. The number of benzene rings is 1. The van der Waals surface area contributed by atoms with Gasteiger partial charge >= 0.3 is 0 Å². The van der Waals surface area contributed by atoms with E-state index in [0.717, 1.165) is 21.9 Å². The van der Waals surface area contributed by atoms with E-state index in [2.05, 4.69) is 20.7 Å². The van der Waals surface area contributed by atoms with E-state index >= 15 is 0 Å². The van der Waals surface area contributed by atoms with E-state index in [1.807, 2.05) is 41.8 Å². The molecule has 3 aromatic rings. The SMILES string of the molecule is COc1ccc(C=NNC(=O)c2cc(-c3cccs3)[nH]n2)cc1. The van der Waals surface area contributed by atoms with E-state index < -0.39 is 0 Å². The van der Waals surface area contributed by atoms with Gasteiger partial charge in [-0.2, -0.15) is 10.2 Å². The Labute approximate surface area is 136 Å². The summed E-state index contributed by atoms with van der Waals surface area (Å²) in [5, 5.41) is 12.7. The maximum Gasteiger partial charge on any atom is 0.291 e. The predicted molar refractivity (Wildman–Crippen MR) is 90.0 cm³/mol. The highest BCUT2D eigenvalue weighted by molar-refractivity contribution is 7.13. The molecular weight excluding hydrogens is 312 g/mol. The molecule has 2 N–H and O–H groups in total. The number of hydrogen-bond acceptors (Lipinski definition) is 5. The number of amides is 1. The van der Waals surface area contributed by atoms with Crippen molar-refractivity contribution in [3.63, 3.8) is 0 Å². The van der Waals surface area contributed by atoms with Crippen LogP contribution < -0.4 is 10.2 Å². The van der Waals surface area contributed by atoms with Gasteiger partial charge in [0.1, 0.15) is 5.75 Å². The molecule has 0 unspecified atom stereocenters. The van der Waals surface area contributed by atoms with E-state index in [0.29, 0.717) is 5.69 Å². The topological polar surface area (TPSA) is 79.4 Å². The van der Waals surface area contributed by atoms with Gasteiger partial charge in [0.15, 0.2) is 5.69 Å². The third-order valence-corrected chi connectivity index (χ3v) is 4.00. The Hall–Kier alpha value is -2.93. The Balaban J connectivity index is 1.61. The first-order valence-corrected chi connectivity index (χ1v) is 7.71. The molecule has 6 nitrogen and oxygen atoms in total. The molecule has 7 heteroatoms. The zero-order valence-corrected chi connectivity index (χ0v) is 13.1. The maximum atomic E-state index is 12.0. The quantitative estimate of drug-likeness (QED) is 0.559. The number of rotatable bonds is 5. The highest BCUT2D eigenvalue weighted by Crippen LogP contribution is 2.22. The van der Waals surface area contributed by atoms with Gasteiger partial charge in [-0.1, -0.05) is 6.07 Å². The summed E-state index contributed by atoms with van der Waals surface area (Å²) in [6.45, 7) is 0. The molecule has 0 fully saturated rings. The second-order valence-corrected chi connectivity index (χ2v) is 5.56. The Morgan fingerprint density at radius 3 is 2.87 bits per heavy atom. The number of thiophene rings is 1. The Morgan fingerprint density at radius 1 is 1.35 bits per heavy atom. The normalized spacial score (nSPS) is 10.8. The number of ether oxygens (including phenoxy) is 1. The summed E-state index contributed by atoms with van der Waals surface area (Å²) >= 11 is 1.58. The minimum absolute atomic E-state index is 0.292. The van der Waals surface area contributed by atoms with Crippen molar-refractivity contribution in [3.8, 4) is 16.3 Å². The number of hydrogen-bond donors (Lipinski definition) is 2. The Bertz CT molecular complexity index is 807. The van der Waals surface area contributed by atoms with Gasteiger partial charge in [0.2, 0.25) is 0 Å². The fraction of sp³-hybridized carbons (Fsp3) is 0.0625.